The Morgan fingerprint density at radius 1 is 1.37 bits per heavy atom. The van der Waals surface area contributed by atoms with Crippen LogP contribution >= 0.6 is 0 Å². The highest BCUT2D eigenvalue weighted by Crippen LogP contribution is 2.22. The molecule has 1 amide bonds. The molecule has 2 rings (SSSR count). The highest BCUT2D eigenvalue weighted by molar-refractivity contribution is 5.89. The molecule has 0 unspecified atom stereocenters. The number of aromatic nitrogens is 2. The van der Waals surface area contributed by atoms with Crippen LogP contribution in [-0.2, 0) is 4.79 Å². The lowest BCUT2D eigenvalue weighted by atomic mass is 10.1. The lowest BCUT2D eigenvalue weighted by Gasteiger charge is -2.04. The lowest BCUT2D eigenvalue weighted by molar-refractivity contribution is -0.118. The lowest BCUT2D eigenvalue weighted by Crippen LogP contribution is -2.20. The van der Waals surface area contributed by atoms with Crippen molar-refractivity contribution in [2.75, 3.05) is 12.3 Å². The summed E-state index contributed by atoms with van der Waals surface area (Å²) in [4.78, 5) is 19.3. The molecule has 5 nitrogen and oxygen atoms in total. The SMILES string of the molecule is CC(=O)NCCC=Cc1c(N)ccc2nccnc12. The molecular weight excluding hydrogens is 240 g/mol. The molecule has 0 aliphatic heterocycles. The first kappa shape index (κ1) is 13.0. The van der Waals surface area contributed by atoms with E-state index < -0.39 is 0 Å². The normalized spacial score (nSPS) is 11.0. The topological polar surface area (TPSA) is 80.9 Å². The Balaban J connectivity index is 2.17. The monoisotopic (exact) mass is 256 g/mol. The van der Waals surface area contributed by atoms with Crippen molar-refractivity contribution in [3.8, 4) is 0 Å². The molecule has 0 aliphatic rings. The van der Waals surface area contributed by atoms with E-state index in [1.165, 1.54) is 6.92 Å². The fourth-order valence-electron chi connectivity index (χ4n) is 1.78. The van der Waals surface area contributed by atoms with Gasteiger partial charge in [0.25, 0.3) is 0 Å². The average Bonchev–Trinajstić information content (AvgIpc) is 2.40. The summed E-state index contributed by atoms with van der Waals surface area (Å²) in [6.07, 6.45) is 7.94. The summed E-state index contributed by atoms with van der Waals surface area (Å²) in [6.45, 7) is 2.12. The Kier molecular flexibility index (Phi) is 4.07. The number of nitrogens with one attached hydrogen (secondary N) is 1. The van der Waals surface area contributed by atoms with Gasteiger partial charge >= 0.3 is 0 Å². The van der Waals surface area contributed by atoms with Crippen LogP contribution in [0.2, 0.25) is 0 Å². The van der Waals surface area contributed by atoms with Gasteiger partial charge in [-0.05, 0) is 18.6 Å². The first-order valence-corrected chi connectivity index (χ1v) is 6.08. The zero-order valence-corrected chi connectivity index (χ0v) is 10.8. The van der Waals surface area contributed by atoms with Crippen LogP contribution in [-0.4, -0.2) is 22.4 Å². The standard InChI is InChI=1S/C14H16N4O/c1-10(19)16-7-3-2-4-11-12(15)5-6-13-14(11)18-9-8-17-13/h2,4-6,8-9H,3,7,15H2,1H3,(H,16,19). The maximum atomic E-state index is 10.7. The average molecular weight is 256 g/mol. The van der Waals surface area contributed by atoms with Crippen LogP contribution in [0.5, 0.6) is 0 Å². The molecule has 2 aromatic rings. The molecule has 1 aromatic heterocycles. The first-order chi connectivity index (χ1) is 9.18. The third-order valence-electron chi connectivity index (χ3n) is 2.68. The summed E-state index contributed by atoms with van der Waals surface area (Å²) in [5, 5.41) is 2.73. The number of fused-ring (bicyclic) bond motifs is 1. The van der Waals surface area contributed by atoms with Crippen LogP contribution in [0.1, 0.15) is 18.9 Å². The van der Waals surface area contributed by atoms with E-state index in [0.29, 0.717) is 12.2 Å². The van der Waals surface area contributed by atoms with E-state index in [9.17, 15) is 4.79 Å². The second-order valence-electron chi connectivity index (χ2n) is 4.17. The highest BCUT2D eigenvalue weighted by atomic mass is 16.1. The van der Waals surface area contributed by atoms with Crippen molar-refractivity contribution in [2.45, 2.75) is 13.3 Å². The van der Waals surface area contributed by atoms with Gasteiger partial charge in [-0.3, -0.25) is 14.8 Å². The van der Waals surface area contributed by atoms with Crippen molar-refractivity contribution >= 4 is 28.7 Å². The summed E-state index contributed by atoms with van der Waals surface area (Å²) in [7, 11) is 0. The quantitative estimate of drug-likeness (QED) is 0.645. The molecule has 1 heterocycles. The summed E-state index contributed by atoms with van der Waals surface area (Å²) in [6, 6.07) is 3.68. The van der Waals surface area contributed by atoms with Crippen LogP contribution in [0.4, 0.5) is 5.69 Å². The summed E-state index contributed by atoms with van der Waals surface area (Å²) >= 11 is 0. The second kappa shape index (κ2) is 5.95. The zero-order chi connectivity index (χ0) is 13.7. The van der Waals surface area contributed by atoms with Gasteiger partial charge in [-0.15, -0.1) is 0 Å². The molecule has 0 radical (unpaired) electrons. The van der Waals surface area contributed by atoms with Gasteiger partial charge in [0.05, 0.1) is 11.0 Å². The largest absolute Gasteiger partial charge is 0.398 e. The molecule has 0 saturated heterocycles. The molecule has 5 heteroatoms. The van der Waals surface area contributed by atoms with Crippen LogP contribution in [0.25, 0.3) is 17.1 Å². The molecule has 0 aliphatic carbocycles. The summed E-state index contributed by atoms with van der Waals surface area (Å²) in [5.74, 6) is -0.0241. The van der Waals surface area contributed by atoms with E-state index in [1.54, 1.807) is 12.4 Å². The van der Waals surface area contributed by atoms with E-state index in [4.69, 9.17) is 5.73 Å². The van der Waals surface area contributed by atoms with Crippen molar-refractivity contribution < 1.29 is 4.79 Å². The van der Waals surface area contributed by atoms with Gasteiger partial charge in [0.2, 0.25) is 5.91 Å². The molecule has 19 heavy (non-hydrogen) atoms. The number of benzene rings is 1. The second-order valence-corrected chi connectivity index (χ2v) is 4.17. The van der Waals surface area contributed by atoms with Gasteiger partial charge in [-0.2, -0.15) is 0 Å². The molecule has 0 spiro atoms. The zero-order valence-electron chi connectivity index (χ0n) is 10.8. The molecular formula is C14H16N4O. The molecule has 3 N–H and O–H groups in total. The Labute approximate surface area is 111 Å². The predicted octanol–water partition coefficient (Wildman–Crippen LogP) is 1.75. The molecule has 0 fully saturated rings. The van der Waals surface area contributed by atoms with Crippen LogP contribution < -0.4 is 11.1 Å². The van der Waals surface area contributed by atoms with Crippen molar-refractivity contribution in [3.05, 3.63) is 36.2 Å². The minimum absolute atomic E-state index is 0.0241. The van der Waals surface area contributed by atoms with Crippen molar-refractivity contribution in [1.29, 1.82) is 0 Å². The van der Waals surface area contributed by atoms with Crippen LogP contribution in [0.3, 0.4) is 0 Å². The molecule has 1 aromatic carbocycles. The number of hydrogen-bond acceptors (Lipinski definition) is 4. The van der Waals surface area contributed by atoms with Gasteiger partial charge in [-0.25, -0.2) is 0 Å². The molecule has 98 valence electrons. The van der Waals surface area contributed by atoms with Crippen LogP contribution in [0.15, 0.2) is 30.6 Å². The Hall–Kier alpha value is -2.43. The maximum absolute atomic E-state index is 10.7. The fourth-order valence-corrected chi connectivity index (χ4v) is 1.78. The van der Waals surface area contributed by atoms with Gasteiger partial charge in [0.15, 0.2) is 0 Å². The predicted molar refractivity (Wildman–Crippen MR) is 76.3 cm³/mol. The number of carbonyl (C=O) groups is 1. The van der Waals surface area contributed by atoms with Gasteiger partial charge < -0.3 is 11.1 Å². The highest BCUT2D eigenvalue weighted by Gasteiger charge is 2.03. The molecule has 0 saturated carbocycles. The fraction of sp³-hybridized carbons (Fsp3) is 0.214. The number of nitrogen functional groups attached to an aromatic ring is 1. The Bertz CT molecular complexity index is 622. The molecule has 0 atom stereocenters. The van der Waals surface area contributed by atoms with Crippen molar-refractivity contribution in [1.82, 2.24) is 15.3 Å². The summed E-state index contributed by atoms with van der Waals surface area (Å²) < 4.78 is 0. The molecule has 0 bridgehead atoms. The van der Waals surface area contributed by atoms with Gasteiger partial charge in [0.1, 0.15) is 0 Å². The Morgan fingerprint density at radius 3 is 2.95 bits per heavy atom. The summed E-state index contributed by atoms with van der Waals surface area (Å²) in [5.41, 5.74) is 9.11. The smallest absolute Gasteiger partial charge is 0.216 e. The number of hydrogen-bond donors (Lipinski definition) is 2. The van der Waals surface area contributed by atoms with E-state index in [0.717, 1.165) is 23.0 Å². The number of anilines is 1. The number of carbonyl (C=O) groups excluding carboxylic acids is 1. The Morgan fingerprint density at radius 2 is 2.16 bits per heavy atom. The number of nitrogens with two attached hydrogens (primary N) is 1. The number of rotatable bonds is 4. The van der Waals surface area contributed by atoms with Crippen molar-refractivity contribution in [2.24, 2.45) is 0 Å². The van der Waals surface area contributed by atoms with Gasteiger partial charge in [-0.1, -0.05) is 12.2 Å². The first-order valence-electron chi connectivity index (χ1n) is 6.08. The minimum Gasteiger partial charge on any atom is -0.398 e. The third kappa shape index (κ3) is 3.28. The van der Waals surface area contributed by atoms with E-state index >= 15 is 0 Å². The van der Waals surface area contributed by atoms with E-state index in [1.807, 2.05) is 24.3 Å². The van der Waals surface area contributed by atoms with E-state index in [-0.39, 0.29) is 5.91 Å². The van der Waals surface area contributed by atoms with Gasteiger partial charge in [0, 0.05) is 37.1 Å². The van der Waals surface area contributed by atoms with Crippen LogP contribution in [0, 0.1) is 0 Å². The van der Waals surface area contributed by atoms with E-state index in [2.05, 4.69) is 15.3 Å². The number of amides is 1. The minimum atomic E-state index is -0.0241. The number of nitrogens with zero attached hydrogens (tertiary/aromatic N) is 2. The maximum Gasteiger partial charge on any atom is 0.216 e. The third-order valence-corrected chi connectivity index (χ3v) is 2.68. The van der Waals surface area contributed by atoms with Crippen molar-refractivity contribution in [3.63, 3.8) is 0 Å².